The highest BCUT2D eigenvalue weighted by molar-refractivity contribution is 5.69. The van der Waals surface area contributed by atoms with Crippen molar-refractivity contribution >= 4 is 6.09 Å². The molecule has 0 N–H and O–H groups in total. The number of ether oxygens (including phenoxy) is 2. The zero-order chi connectivity index (χ0) is 7.84. The molecular weight excluding hydrogens is 146 g/mol. The van der Waals surface area contributed by atoms with Crippen LogP contribution in [0.1, 0.15) is 6.42 Å². The average molecular weight is 157 g/mol. The molecule has 1 amide bonds. The lowest BCUT2D eigenvalue weighted by atomic mass is 9.92. The number of carbonyl (C=O) groups is 1. The molecule has 3 fully saturated rings. The van der Waals surface area contributed by atoms with Crippen molar-refractivity contribution in [3.8, 4) is 0 Å². The summed E-state index contributed by atoms with van der Waals surface area (Å²) in [5.74, 6) is 0. The van der Waals surface area contributed by atoms with Gasteiger partial charge in [-0.3, -0.25) is 4.90 Å². The Morgan fingerprint density at radius 1 is 1.55 bits per heavy atom. The van der Waals surface area contributed by atoms with E-state index in [1.807, 2.05) is 0 Å². The van der Waals surface area contributed by atoms with Crippen LogP contribution in [0.15, 0.2) is 0 Å². The van der Waals surface area contributed by atoms with Crippen LogP contribution >= 0.6 is 0 Å². The van der Waals surface area contributed by atoms with E-state index in [2.05, 4.69) is 4.74 Å². The summed E-state index contributed by atoms with van der Waals surface area (Å²) >= 11 is 0. The van der Waals surface area contributed by atoms with Gasteiger partial charge in [-0.2, -0.15) is 0 Å². The fourth-order valence-electron chi connectivity index (χ4n) is 1.74. The van der Waals surface area contributed by atoms with Crippen LogP contribution in [0.5, 0.6) is 0 Å². The van der Waals surface area contributed by atoms with E-state index in [0.717, 1.165) is 6.42 Å². The number of fused-ring (bicyclic) bond motifs is 2. The largest absolute Gasteiger partial charge is 0.453 e. The van der Waals surface area contributed by atoms with Crippen molar-refractivity contribution in [3.05, 3.63) is 0 Å². The topological polar surface area (TPSA) is 38.8 Å². The van der Waals surface area contributed by atoms with Crippen LogP contribution in [-0.2, 0) is 9.47 Å². The van der Waals surface area contributed by atoms with E-state index in [-0.39, 0.29) is 18.2 Å². The van der Waals surface area contributed by atoms with Crippen molar-refractivity contribution in [3.63, 3.8) is 0 Å². The van der Waals surface area contributed by atoms with Crippen molar-refractivity contribution in [2.24, 2.45) is 0 Å². The van der Waals surface area contributed by atoms with Gasteiger partial charge < -0.3 is 9.47 Å². The van der Waals surface area contributed by atoms with Crippen LogP contribution in [-0.4, -0.2) is 43.4 Å². The molecule has 0 aromatic carbocycles. The van der Waals surface area contributed by atoms with Gasteiger partial charge in [-0.1, -0.05) is 0 Å². The Hall–Kier alpha value is -0.770. The third-order valence-electron chi connectivity index (χ3n) is 2.34. The van der Waals surface area contributed by atoms with E-state index in [4.69, 9.17) is 4.74 Å². The fraction of sp³-hybridized carbons (Fsp3) is 0.857. The quantitative estimate of drug-likeness (QED) is 0.505. The van der Waals surface area contributed by atoms with Gasteiger partial charge in [0, 0.05) is 0 Å². The van der Waals surface area contributed by atoms with E-state index < -0.39 is 0 Å². The minimum Gasteiger partial charge on any atom is -0.453 e. The minimum absolute atomic E-state index is 0.213. The molecule has 4 nitrogen and oxygen atoms in total. The summed E-state index contributed by atoms with van der Waals surface area (Å²) in [6.07, 6.45) is 0.865. The van der Waals surface area contributed by atoms with E-state index in [1.165, 1.54) is 7.11 Å². The smallest absolute Gasteiger partial charge is 0.410 e. The lowest BCUT2D eigenvalue weighted by molar-refractivity contribution is -0.111. The molecular formula is C7H11NO3. The molecule has 2 unspecified atom stereocenters. The molecule has 0 saturated carbocycles. The third-order valence-corrected chi connectivity index (χ3v) is 2.34. The highest BCUT2D eigenvalue weighted by Gasteiger charge is 2.45. The normalized spacial score (nSPS) is 34.5. The molecule has 11 heavy (non-hydrogen) atoms. The Morgan fingerprint density at radius 3 is 2.64 bits per heavy atom. The van der Waals surface area contributed by atoms with Gasteiger partial charge in [-0.25, -0.2) is 4.79 Å². The second kappa shape index (κ2) is 2.37. The molecule has 3 heterocycles. The number of hydrogen-bond acceptors (Lipinski definition) is 3. The summed E-state index contributed by atoms with van der Waals surface area (Å²) in [7, 11) is 1.41. The van der Waals surface area contributed by atoms with E-state index in [0.29, 0.717) is 13.2 Å². The molecule has 0 aromatic heterocycles. The number of nitrogens with zero attached hydrogens (tertiary/aromatic N) is 1. The van der Waals surface area contributed by atoms with Gasteiger partial charge in [-0.05, 0) is 6.42 Å². The van der Waals surface area contributed by atoms with Gasteiger partial charge in [0.05, 0.1) is 32.4 Å². The molecule has 2 atom stereocenters. The van der Waals surface area contributed by atoms with E-state index in [9.17, 15) is 4.79 Å². The number of methoxy groups -OCH3 is 1. The number of rotatable bonds is 0. The van der Waals surface area contributed by atoms with Crippen molar-refractivity contribution in [2.75, 3.05) is 20.3 Å². The average Bonchev–Trinajstić information content (AvgIpc) is 2.05. The van der Waals surface area contributed by atoms with Crippen molar-refractivity contribution in [1.29, 1.82) is 0 Å². The van der Waals surface area contributed by atoms with Gasteiger partial charge >= 0.3 is 6.09 Å². The first-order valence-electron chi connectivity index (χ1n) is 3.77. The molecule has 4 heteroatoms. The molecule has 3 rings (SSSR count). The van der Waals surface area contributed by atoms with Crippen LogP contribution < -0.4 is 0 Å². The number of carbonyl (C=O) groups excluding carboxylic acids is 1. The monoisotopic (exact) mass is 157 g/mol. The molecule has 62 valence electrons. The van der Waals surface area contributed by atoms with Crippen LogP contribution in [0.4, 0.5) is 4.79 Å². The number of amides is 1. The van der Waals surface area contributed by atoms with E-state index >= 15 is 0 Å². The van der Waals surface area contributed by atoms with Gasteiger partial charge in [0.2, 0.25) is 0 Å². The van der Waals surface area contributed by atoms with Crippen molar-refractivity contribution in [2.45, 2.75) is 18.5 Å². The molecule has 2 bridgehead atoms. The Morgan fingerprint density at radius 2 is 2.18 bits per heavy atom. The standard InChI is InChI=1S/C7H11NO3/c1-10-7(9)8-5-2-6(8)4-11-3-5/h5-6H,2-4H2,1H3. The fourth-order valence-corrected chi connectivity index (χ4v) is 1.74. The molecule has 0 aromatic rings. The Bertz CT molecular complexity index is 169. The summed E-state index contributed by atoms with van der Waals surface area (Å²) in [4.78, 5) is 12.8. The van der Waals surface area contributed by atoms with Crippen LogP contribution in [0.3, 0.4) is 0 Å². The first-order valence-corrected chi connectivity index (χ1v) is 3.77. The lowest BCUT2D eigenvalue weighted by Crippen LogP contribution is -2.65. The molecule has 3 aliphatic rings. The lowest BCUT2D eigenvalue weighted by Gasteiger charge is -2.50. The SMILES string of the molecule is COC(=O)N1C2COCC1C2. The summed E-state index contributed by atoms with van der Waals surface area (Å²) in [5, 5.41) is 0. The molecule has 3 aliphatic heterocycles. The maximum absolute atomic E-state index is 11.1. The summed E-state index contributed by atoms with van der Waals surface area (Å²) in [6, 6.07) is 0.558. The zero-order valence-corrected chi connectivity index (χ0v) is 6.45. The summed E-state index contributed by atoms with van der Waals surface area (Å²) in [6.45, 7) is 1.34. The van der Waals surface area contributed by atoms with Crippen molar-refractivity contribution in [1.82, 2.24) is 4.90 Å². The maximum Gasteiger partial charge on any atom is 0.410 e. The van der Waals surface area contributed by atoms with Crippen LogP contribution in [0, 0.1) is 0 Å². The van der Waals surface area contributed by atoms with Crippen LogP contribution in [0.2, 0.25) is 0 Å². The van der Waals surface area contributed by atoms with Gasteiger partial charge in [0.15, 0.2) is 0 Å². The Balaban J connectivity index is 2.00. The summed E-state index contributed by atoms with van der Waals surface area (Å²) in [5.41, 5.74) is 0. The highest BCUT2D eigenvalue weighted by atomic mass is 16.5. The predicted octanol–water partition coefficient (Wildman–Crippen LogP) is 0.226. The van der Waals surface area contributed by atoms with Gasteiger partial charge in [-0.15, -0.1) is 0 Å². The highest BCUT2D eigenvalue weighted by Crippen LogP contribution is 2.30. The molecule has 0 aliphatic carbocycles. The molecule has 0 spiro atoms. The van der Waals surface area contributed by atoms with Gasteiger partial charge in [0.25, 0.3) is 0 Å². The Labute approximate surface area is 65.1 Å². The Kier molecular flexibility index (Phi) is 1.49. The maximum atomic E-state index is 11.1. The van der Waals surface area contributed by atoms with E-state index in [1.54, 1.807) is 4.90 Å². The predicted molar refractivity (Wildman–Crippen MR) is 37.3 cm³/mol. The van der Waals surface area contributed by atoms with Gasteiger partial charge in [0.1, 0.15) is 0 Å². The number of hydrogen-bond donors (Lipinski definition) is 0. The number of morpholine rings is 1. The first-order chi connectivity index (χ1) is 5.33. The first kappa shape index (κ1) is 6.91. The summed E-state index contributed by atoms with van der Waals surface area (Å²) < 4.78 is 9.83. The second-order valence-electron chi connectivity index (χ2n) is 2.96. The van der Waals surface area contributed by atoms with Crippen molar-refractivity contribution < 1.29 is 14.3 Å². The molecule has 0 radical (unpaired) electrons. The van der Waals surface area contributed by atoms with Crippen LogP contribution in [0.25, 0.3) is 0 Å². The third kappa shape index (κ3) is 0.894. The molecule has 3 saturated heterocycles. The second-order valence-corrected chi connectivity index (χ2v) is 2.96. The minimum atomic E-state index is -0.213. The zero-order valence-electron chi connectivity index (χ0n) is 6.45.